The van der Waals surface area contributed by atoms with E-state index in [1.807, 2.05) is 57.3 Å². The summed E-state index contributed by atoms with van der Waals surface area (Å²) in [6, 6.07) is 21.2. The molecule has 298 valence electrons. The molecule has 14 heteroatoms. The molecule has 1 heterocycles. The van der Waals surface area contributed by atoms with Crippen LogP contribution in [0.4, 0.5) is 10.7 Å². The zero-order valence-corrected chi connectivity index (χ0v) is 33.4. The molecule has 0 saturated carbocycles. The van der Waals surface area contributed by atoms with E-state index in [1.165, 1.54) is 39.8 Å². The number of aliphatic hydroxyl groups excluding tert-OH is 4. The van der Waals surface area contributed by atoms with E-state index in [4.69, 9.17) is 10.2 Å². The Morgan fingerprint density at radius 3 is 2.13 bits per heavy atom. The highest BCUT2D eigenvalue weighted by Gasteiger charge is 2.27. The van der Waals surface area contributed by atoms with Gasteiger partial charge in [-0.05, 0) is 98.0 Å². The van der Waals surface area contributed by atoms with Gasteiger partial charge in [0, 0.05) is 43.4 Å². The van der Waals surface area contributed by atoms with Gasteiger partial charge in [0.15, 0.2) is 0 Å². The fourth-order valence-electron chi connectivity index (χ4n) is 5.91. The zero-order valence-electron chi connectivity index (χ0n) is 31.7. The number of benzene rings is 3. The topological polar surface area (TPSA) is 197 Å². The van der Waals surface area contributed by atoms with Crippen molar-refractivity contribution in [3.63, 3.8) is 0 Å². The summed E-state index contributed by atoms with van der Waals surface area (Å²) in [5, 5.41) is 54.0. The molecule has 7 N–H and O–H groups in total. The Hall–Kier alpha value is -4.28. The second-order valence-corrected chi connectivity index (χ2v) is 15.4. The van der Waals surface area contributed by atoms with E-state index in [1.54, 1.807) is 41.7 Å². The summed E-state index contributed by atoms with van der Waals surface area (Å²) in [4.78, 5) is 36.4. The highest BCUT2D eigenvalue weighted by molar-refractivity contribution is 7.82. The number of aldehydes is 1. The molecule has 0 fully saturated rings. The minimum Gasteiger partial charge on any atom is -0.478 e. The Balaban J connectivity index is 0.000000300. The maximum atomic E-state index is 13.0. The van der Waals surface area contributed by atoms with E-state index in [2.05, 4.69) is 10.6 Å². The quantitative estimate of drug-likeness (QED) is 0.0727. The van der Waals surface area contributed by atoms with Gasteiger partial charge < -0.3 is 36.2 Å². The zero-order chi connectivity index (χ0) is 40.5. The number of nitrogens with one attached hydrogen (secondary N) is 2. The van der Waals surface area contributed by atoms with Gasteiger partial charge in [-0.15, -0.1) is 11.3 Å². The van der Waals surface area contributed by atoms with Gasteiger partial charge in [-0.3, -0.25) is 9.59 Å². The molecular formula is C41H53N3O9S2. The molecule has 0 saturated heterocycles. The lowest BCUT2D eigenvalue weighted by atomic mass is 9.95. The molecule has 1 aliphatic carbocycles. The number of aromatic carboxylic acids is 1. The first kappa shape index (κ1) is 45.1. The molecule has 12 nitrogen and oxygen atoms in total. The Morgan fingerprint density at radius 1 is 0.927 bits per heavy atom. The smallest absolute Gasteiger partial charge is 0.335 e. The number of likely N-dealkylation sites (N-methyl/N-ethyl adjacent to an activating group) is 1. The Labute approximate surface area is 329 Å². The average Bonchev–Trinajstić information content (AvgIpc) is 3.60. The van der Waals surface area contributed by atoms with Gasteiger partial charge in [0.2, 0.25) is 0 Å². The third-order valence-corrected chi connectivity index (χ3v) is 11.6. The average molecular weight is 796 g/mol. The molecule has 1 aliphatic rings. The molecule has 0 radical (unpaired) electrons. The van der Waals surface area contributed by atoms with Gasteiger partial charge in [-0.25, -0.2) is 13.3 Å². The molecule has 4 atom stereocenters. The lowest BCUT2D eigenvalue weighted by molar-refractivity contribution is -0.0681. The largest absolute Gasteiger partial charge is 0.478 e. The van der Waals surface area contributed by atoms with E-state index < -0.39 is 35.3 Å². The number of fused-ring (bicyclic) bond motifs is 1. The third-order valence-electron chi connectivity index (χ3n) is 8.88. The predicted molar refractivity (Wildman–Crippen MR) is 218 cm³/mol. The highest BCUT2D eigenvalue weighted by atomic mass is 32.2. The van der Waals surface area contributed by atoms with Gasteiger partial charge >= 0.3 is 5.97 Å². The fraction of sp³-hybridized carbons (Fsp3) is 0.390. The van der Waals surface area contributed by atoms with E-state index >= 15 is 0 Å². The van der Waals surface area contributed by atoms with Crippen LogP contribution >= 0.6 is 11.3 Å². The summed E-state index contributed by atoms with van der Waals surface area (Å²) >= 11 is 1.71. The number of amides is 1. The predicted octanol–water partition coefficient (Wildman–Crippen LogP) is 5.35. The monoisotopic (exact) mass is 795 g/mol. The van der Waals surface area contributed by atoms with Gasteiger partial charge in [-0.2, -0.15) is 0 Å². The molecule has 0 spiro atoms. The second-order valence-electron chi connectivity index (χ2n) is 12.7. The number of rotatable bonds is 16. The third kappa shape index (κ3) is 13.2. The van der Waals surface area contributed by atoms with E-state index in [0.29, 0.717) is 22.3 Å². The molecule has 55 heavy (non-hydrogen) atoms. The highest BCUT2D eigenvalue weighted by Crippen LogP contribution is 2.38. The number of hydrogen-bond acceptors (Lipinski definition) is 10. The van der Waals surface area contributed by atoms with Crippen molar-refractivity contribution in [1.82, 2.24) is 4.31 Å². The van der Waals surface area contributed by atoms with Gasteiger partial charge in [0.1, 0.15) is 28.4 Å². The van der Waals surface area contributed by atoms with Crippen LogP contribution < -0.4 is 10.6 Å². The van der Waals surface area contributed by atoms with E-state index in [-0.39, 0.29) is 25.5 Å². The van der Waals surface area contributed by atoms with Crippen LogP contribution in [0.1, 0.15) is 85.8 Å². The summed E-state index contributed by atoms with van der Waals surface area (Å²) in [6.07, 6.45) is 2.60. The van der Waals surface area contributed by atoms with Gasteiger partial charge in [0.25, 0.3) is 5.91 Å². The molecular weight excluding hydrogens is 743 g/mol. The van der Waals surface area contributed by atoms with Crippen molar-refractivity contribution in [2.45, 2.75) is 82.0 Å². The summed E-state index contributed by atoms with van der Waals surface area (Å²) in [5.74, 6) is -0.955. The summed E-state index contributed by atoms with van der Waals surface area (Å²) in [5.41, 5.74) is 5.76. The van der Waals surface area contributed by atoms with Crippen molar-refractivity contribution in [1.29, 1.82) is 0 Å². The van der Waals surface area contributed by atoms with Crippen LogP contribution in [-0.2, 0) is 36.7 Å². The summed E-state index contributed by atoms with van der Waals surface area (Å²) < 4.78 is 13.6. The Kier molecular flexibility index (Phi) is 18.8. The number of hydrogen-bond donors (Lipinski definition) is 7. The van der Waals surface area contributed by atoms with Crippen LogP contribution in [0, 0.1) is 0 Å². The number of carboxylic acids is 1. The van der Waals surface area contributed by atoms with Gasteiger partial charge in [0.05, 0.1) is 28.2 Å². The van der Waals surface area contributed by atoms with Crippen molar-refractivity contribution < 1.29 is 44.1 Å². The van der Waals surface area contributed by atoms with Crippen molar-refractivity contribution in [2.75, 3.05) is 37.9 Å². The molecule has 1 aromatic heterocycles. The first-order valence-electron chi connectivity index (χ1n) is 18.3. The summed E-state index contributed by atoms with van der Waals surface area (Å²) in [6.45, 7) is 3.53. The first-order valence-corrected chi connectivity index (χ1v) is 20.3. The van der Waals surface area contributed by atoms with Crippen molar-refractivity contribution >= 4 is 51.2 Å². The number of carbonyl (C=O) groups is 3. The van der Waals surface area contributed by atoms with Crippen LogP contribution in [0.2, 0.25) is 0 Å². The van der Waals surface area contributed by atoms with Crippen LogP contribution in [-0.4, -0.2) is 97.8 Å². The number of anilines is 2. The normalized spacial score (nSPS) is 14.1. The lowest BCUT2D eigenvalue weighted by Gasteiger charge is -2.26. The maximum absolute atomic E-state index is 13.0. The Morgan fingerprint density at radius 2 is 1.55 bits per heavy atom. The molecule has 5 rings (SSSR count). The number of thiophene rings is 1. The minimum atomic E-state index is -1.62. The van der Waals surface area contributed by atoms with E-state index in [0.717, 1.165) is 53.9 Å². The molecule has 4 unspecified atom stereocenters. The molecule has 0 aliphatic heterocycles. The maximum Gasteiger partial charge on any atom is 0.335 e. The number of carboxylic acid groups (broad SMARTS) is 1. The first-order chi connectivity index (χ1) is 26.4. The van der Waals surface area contributed by atoms with Crippen LogP contribution in [0.25, 0.3) is 0 Å². The van der Waals surface area contributed by atoms with Crippen molar-refractivity contribution in [3.05, 3.63) is 111 Å². The SMILES string of the molecule is CC.CN(CC(O)C(O)C(O)CCO)S(=O)c1cccc(C=O)c1.CNc1sc2c(c1C(=O)Nc1ccc(CCc3ccc(C(=O)O)cc3)cc1)CCCC2. The van der Waals surface area contributed by atoms with Crippen LogP contribution in [0.3, 0.4) is 0 Å². The number of carbonyl (C=O) groups excluding carboxylic acids is 2. The molecule has 0 bridgehead atoms. The fourth-order valence-corrected chi connectivity index (χ4v) is 8.23. The van der Waals surface area contributed by atoms with Crippen LogP contribution in [0.15, 0.2) is 77.7 Å². The number of nitrogens with zero attached hydrogens (tertiary/aromatic N) is 1. The second kappa shape index (κ2) is 22.9. The lowest BCUT2D eigenvalue weighted by Crippen LogP contribution is -2.44. The number of aliphatic hydroxyl groups is 4. The summed E-state index contributed by atoms with van der Waals surface area (Å²) in [7, 11) is 1.74. The van der Waals surface area contributed by atoms with E-state index in [9.17, 15) is 33.9 Å². The number of aryl methyl sites for hydroxylation is 3. The standard InChI is InChI=1S/C25H26N2O3S.C14H21NO6S.C2H6/c1-26-24-22(20-4-2-3-5-21(20)31-24)23(28)27-19-14-10-17(11-15-19)7-6-16-8-12-18(13-9-16)25(29)30;1-15(8-13(19)14(20)12(18)5-6-16)22(21)11-4-2-3-10(7-11)9-17;1-2/h8-15,26H,2-7H2,1H3,(H,27,28)(H,29,30);2-4,7,9,12-14,16,18-20H,5-6,8H2,1H3;1-2H3. The molecule has 1 amide bonds. The van der Waals surface area contributed by atoms with Crippen molar-refractivity contribution in [2.24, 2.45) is 0 Å². The van der Waals surface area contributed by atoms with Gasteiger partial charge in [-0.1, -0.05) is 50.2 Å². The van der Waals surface area contributed by atoms with Crippen LogP contribution in [0.5, 0.6) is 0 Å². The van der Waals surface area contributed by atoms with Crippen molar-refractivity contribution in [3.8, 4) is 0 Å². The molecule has 3 aromatic carbocycles. The molecule has 4 aromatic rings. The minimum absolute atomic E-state index is 0.0463. The Bertz CT molecular complexity index is 1850.